The Morgan fingerprint density at radius 1 is 0.923 bits per heavy atom. The number of amides is 2. The van der Waals surface area contributed by atoms with E-state index < -0.39 is 0 Å². The van der Waals surface area contributed by atoms with Crippen LogP contribution in [0.1, 0.15) is 71.9 Å². The molecule has 0 aliphatic heterocycles. The fourth-order valence-corrected chi connectivity index (χ4v) is 2.54. The molecule has 0 saturated heterocycles. The molecular weight excluding hydrogens is 324 g/mol. The smallest absolute Gasteiger partial charge is 0.251 e. The van der Waals surface area contributed by atoms with Gasteiger partial charge in [0.15, 0.2) is 0 Å². The highest BCUT2D eigenvalue weighted by molar-refractivity contribution is 5.95. The lowest BCUT2D eigenvalue weighted by atomic mass is 10.0. The van der Waals surface area contributed by atoms with E-state index in [4.69, 9.17) is 0 Å². The normalized spacial score (nSPS) is 11.9. The SMILES string of the molecule is CCC(C)NC(=O)c1cccc(CNC(=O)c2ccc(C(C)C)cc2)c1. The van der Waals surface area contributed by atoms with E-state index in [0.29, 0.717) is 23.6 Å². The quantitative estimate of drug-likeness (QED) is 0.782. The van der Waals surface area contributed by atoms with E-state index in [1.54, 1.807) is 6.07 Å². The van der Waals surface area contributed by atoms with Crippen molar-refractivity contribution in [3.63, 3.8) is 0 Å². The Labute approximate surface area is 156 Å². The second kappa shape index (κ2) is 9.18. The van der Waals surface area contributed by atoms with Crippen molar-refractivity contribution in [3.8, 4) is 0 Å². The van der Waals surface area contributed by atoms with Crippen LogP contribution in [-0.4, -0.2) is 17.9 Å². The Kier molecular flexibility index (Phi) is 6.96. The first-order valence-corrected chi connectivity index (χ1v) is 9.18. The van der Waals surface area contributed by atoms with Crippen molar-refractivity contribution in [3.05, 3.63) is 70.8 Å². The van der Waals surface area contributed by atoms with Gasteiger partial charge in [0.1, 0.15) is 0 Å². The van der Waals surface area contributed by atoms with E-state index in [0.717, 1.165) is 12.0 Å². The Hall–Kier alpha value is -2.62. The molecule has 0 aliphatic carbocycles. The molecule has 2 rings (SSSR count). The molecule has 4 heteroatoms. The maximum absolute atomic E-state index is 12.3. The van der Waals surface area contributed by atoms with Crippen molar-refractivity contribution >= 4 is 11.8 Å². The summed E-state index contributed by atoms with van der Waals surface area (Å²) in [4.78, 5) is 24.5. The molecule has 1 atom stereocenters. The predicted octanol–water partition coefficient (Wildman–Crippen LogP) is 4.27. The molecule has 2 amide bonds. The molecule has 4 nitrogen and oxygen atoms in total. The molecule has 138 valence electrons. The van der Waals surface area contributed by atoms with E-state index in [1.165, 1.54) is 5.56 Å². The van der Waals surface area contributed by atoms with Crippen molar-refractivity contribution in [2.24, 2.45) is 0 Å². The summed E-state index contributed by atoms with van der Waals surface area (Å²) in [5, 5.41) is 5.86. The van der Waals surface area contributed by atoms with Crippen LogP contribution >= 0.6 is 0 Å². The second-order valence-electron chi connectivity index (χ2n) is 6.94. The standard InChI is InChI=1S/C22H28N2O2/c1-5-16(4)24-22(26)20-8-6-7-17(13-20)14-23-21(25)19-11-9-18(10-12-19)15(2)3/h6-13,15-16H,5,14H2,1-4H3,(H,23,25)(H,24,26). The Balaban J connectivity index is 1.97. The fraction of sp³-hybridized carbons (Fsp3) is 0.364. The summed E-state index contributed by atoms with van der Waals surface area (Å²) < 4.78 is 0. The third kappa shape index (κ3) is 5.45. The minimum atomic E-state index is -0.116. The Morgan fingerprint density at radius 2 is 1.62 bits per heavy atom. The summed E-state index contributed by atoms with van der Waals surface area (Å²) in [6, 6.07) is 15.2. The molecule has 0 heterocycles. The zero-order chi connectivity index (χ0) is 19.1. The summed E-state index contributed by atoms with van der Waals surface area (Å²) in [5.41, 5.74) is 3.36. The maximum atomic E-state index is 12.3. The van der Waals surface area contributed by atoms with Crippen LogP contribution in [0.15, 0.2) is 48.5 Å². The Bertz CT molecular complexity index is 751. The van der Waals surface area contributed by atoms with Crippen LogP contribution < -0.4 is 10.6 Å². The van der Waals surface area contributed by atoms with Gasteiger partial charge in [-0.2, -0.15) is 0 Å². The molecule has 2 N–H and O–H groups in total. The van der Waals surface area contributed by atoms with Gasteiger partial charge in [0.25, 0.3) is 11.8 Å². The van der Waals surface area contributed by atoms with Crippen molar-refractivity contribution < 1.29 is 9.59 Å². The average Bonchev–Trinajstić information content (AvgIpc) is 2.66. The molecular formula is C22H28N2O2. The van der Waals surface area contributed by atoms with Gasteiger partial charge in [-0.05, 0) is 54.7 Å². The maximum Gasteiger partial charge on any atom is 0.251 e. The van der Waals surface area contributed by atoms with Crippen LogP contribution in [0.4, 0.5) is 0 Å². The molecule has 2 aromatic carbocycles. The van der Waals surface area contributed by atoms with Crippen LogP contribution in [0.5, 0.6) is 0 Å². The first-order chi connectivity index (χ1) is 12.4. The lowest BCUT2D eigenvalue weighted by molar-refractivity contribution is 0.0936. The van der Waals surface area contributed by atoms with Crippen LogP contribution in [0.3, 0.4) is 0 Å². The third-order valence-electron chi connectivity index (χ3n) is 4.47. The number of rotatable bonds is 7. The molecule has 0 aromatic heterocycles. The predicted molar refractivity (Wildman–Crippen MR) is 105 cm³/mol. The number of carbonyl (C=O) groups excluding carboxylic acids is 2. The van der Waals surface area contributed by atoms with E-state index in [9.17, 15) is 9.59 Å². The number of hydrogen-bond acceptors (Lipinski definition) is 2. The monoisotopic (exact) mass is 352 g/mol. The zero-order valence-electron chi connectivity index (χ0n) is 16.0. The van der Waals surface area contributed by atoms with Crippen molar-refractivity contribution in [2.75, 3.05) is 0 Å². The highest BCUT2D eigenvalue weighted by Crippen LogP contribution is 2.15. The van der Waals surface area contributed by atoms with Crippen LogP contribution in [0, 0.1) is 0 Å². The van der Waals surface area contributed by atoms with E-state index in [2.05, 4.69) is 24.5 Å². The molecule has 0 radical (unpaired) electrons. The van der Waals surface area contributed by atoms with Crippen molar-refractivity contribution in [1.29, 1.82) is 0 Å². The van der Waals surface area contributed by atoms with Gasteiger partial charge in [0.05, 0.1) is 0 Å². The van der Waals surface area contributed by atoms with Crippen LogP contribution in [-0.2, 0) is 6.54 Å². The molecule has 0 fully saturated rings. The molecule has 0 bridgehead atoms. The van der Waals surface area contributed by atoms with Gasteiger partial charge < -0.3 is 10.6 Å². The van der Waals surface area contributed by atoms with Gasteiger partial charge in [-0.25, -0.2) is 0 Å². The first-order valence-electron chi connectivity index (χ1n) is 9.18. The van der Waals surface area contributed by atoms with Gasteiger partial charge in [-0.3, -0.25) is 9.59 Å². The van der Waals surface area contributed by atoms with Gasteiger partial charge in [-0.15, -0.1) is 0 Å². The minimum Gasteiger partial charge on any atom is -0.350 e. The highest BCUT2D eigenvalue weighted by Gasteiger charge is 2.10. The molecule has 26 heavy (non-hydrogen) atoms. The summed E-state index contributed by atoms with van der Waals surface area (Å²) in [5.74, 6) is 0.239. The van der Waals surface area contributed by atoms with Gasteiger partial charge in [0.2, 0.25) is 0 Å². The topological polar surface area (TPSA) is 58.2 Å². The largest absolute Gasteiger partial charge is 0.350 e. The summed E-state index contributed by atoms with van der Waals surface area (Å²) in [6.07, 6.45) is 0.886. The fourth-order valence-electron chi connectivity index (χ4n) is 2.54. The number of nitrogens with one attached hydrogen (secondary N) is 2. The molecule has 2 aromatic rings. The average molecular weight is 352 g/mol. The molecule has 0 saturated carbocycles. The zero-order valence-corrected chi connectivity index (χ0v) is 16.0. The van der Waals surface area contributed by atoms with E-state index in [1.807, 2.05) is 56.3 Å². The van der Waals surface area contributed by atoms with E-state index >= 15 is 0 Å². The number of benzene rings is 2. The summed E-state index contributed by atoms with van der Waals surface area (Å²) in [7, 11) is 0. The first kappa shape index (κ1) is 19.7. The minimum absolute atomic E-state index is 0.0863. The van der Waals surface area contributed by atoms with Crippen molar-refractivity contribution in [1.82, 2.24) is 10.6 Å². The highest BCUT2D eigenvalue weighted by atomic mass is 16.2. The van der Waals surface area contributed by atoms with Gasteiger partial charge in [-0.1, -0.05) is 45.0 Å². The molecule has 0 spiro atoms. The molecule has 1 unspecified atom stereocenters. The number of hydrogen-bond donors (Lipinski definition) is 2. The third-order valence-corrected chi connectivity index (χ3v) is 4.47. The van der Waals surface area contributed by atoms with Gasteiger partial charge in [0, 0.05) is 23.7 Å². The number of carbonyl (C=O) groups is 2. The van der Waals surface area contributed by atoms with Crippen LogP contribution in [0.25, 0.3) is 0 Å². The van der Waals surface area contributed by atoms with Crippen LogP contribution in [0.2, 0.25) is 0 Å². The Morgan fingerprint density at radius 3 is 2.23 bits per heavy atom. The lowest BCUT2D eigenvalue weighted by Crippen LogP contribution is -2.32. The van der Waals surface area contributed by atoms with Crippen molar-refractivity contribution in [2.45, 2.75) is 52.6 Å². The molecule has 0 aliphatic rings. The summed E-state index contributed by atoms with van der Waals surface area (Å²) >= 11 is 0. The summed E-state index contributed by atoms with van der Waals surface area (Å²) in [6.45, 7) is 8.64. The van der Waals surface area contributed by atoms with E-state index in [-0.39, 0.29) is 17.9 Å². The van der Waals surface area contributed by atoms with Gasteiger partial charge >= 0.3 is 0 Å². The second-order valence-corrected chi connectivity index (χ2v) is 6.94. The lowest BCUT2D eigenvalue weighted by Gasteiger charge is -2.12.